The maximum Gasteiger partial charge on any atom is 0.352 e. The molecule has 2 heterocycles. The van der Waals surface area contributed by atoms with Gasteiger partial charge >= 0.3 is 5.97 Å². The fourth-order valence-electron chi connectivity index (χ4n) is 2.76. The van der Waals surface area contributed by atoms with Crippen molar-refractivity contribution in [1.82, 2.24) is 14.4 Å². The summed E-state index contributed by atoms with van der Waals surface area (Å²) in [4.78, 5) is 27.4. The van der Waals surface area contributed by atoms with Crippen molar-refractivity contribution in [2.24, 2.45) is 0 Å². The van der Waals surface area contributed by atoms with E-state index in [0.29, 0.717) is 0 Å². The first-order chi connectivity index (χ1) is 9.49. The summed E-state index contributed by atoms with van der Waals surface area (Å²) in [6.07, 6.45) is 3.67. The van der Waals surface area contributed by atoms with Gasteiger partial charge in [-0.05, 0) is 39.1 Å². The molecule has 0 spiro atoms. The predicted octanol–water partition coefficient (Wildman–Crippen LogP) is 0.739. The highest BCUT2D eigenvalue weighted by atomic mass is 16.4. The maximum absolute atomic E-state index is 12.4. The van der Waals surface area contributed by atoms with E-state index < -0.39 is 5.97 Å². The van der Waals surface area contributed by atoms with E-state index in [-0.39, 0.29) is 24.2 Å². The minimum Gasteiger partial charge on any atom is -0.477 e. The zero-order valence-corrected chi connectivity index (χ0v) is 12.0. The summed E-state index contributed by atoms with van der Waals surface area (Å²) in [5, 5.41) is 9.05. The van der Waals surface area contributed by atoms with Crippen molar-refractivity contribution in [3.05, 3.63) is 24.0 Å². The number of aromatic nitrogens is 1. The summed E-state index contributed by atoms with van der Waals surface area (Å²) < 4.78 is 1.50. The van der Waals surface area contributed by atoms with Crippen molar-refractivity contribution in [3.63, 3.8) is 0 Å². The first-order valence-corrected chi connectivity index (χ1v) is 6.81. The van der Waals surface area contributed by atoms with Crippen LogP contribution in [0.1, 0.15) is 23.3 Å². The molecule has 1 fully saturated rings. The summed E-state index contributed by atoms with van der Waals surface area (Å²) in [6, 6.07) is 3.40. The molecule has 0 bridgehead atoms. The van der Waals surface area contributed by atoms with E-state index in [9.17, 15) is 9.59 Å². The number of amides is 1. The van der Waals surface area contributed by atoms with E-state index >= 15 is 0 Å². The van der Waals surface area contributed by atoms with Crippen molar-refractivity contribution in [1.29, 1.82) is 0 Å². The number of rotatable bonds is 5. The SMILES string of the molecule is CN(C)CC1CCCN1C(=O)Cn1cccc1C(=O)O. The minimum absolute atomic E-state index is 0.00644. The molecule has 2 rings (SSSR count). The lowest BCUT2D eigenvalue weighted by Crippen LogP contribution is -2.42. The van der Waals surface area contributed by atoms with Gasteiger partial charge in [-0.15, -0.1) is 0 Å². The molecule has 1 unspecified atom stereocenters. The highest BCUT2D eigenvalue weighted by molar-refractivity contribution is 5.87. The Labute approximate surface area is 118 Å². The van der Waals surface area contributed by atoms with Gasteiger partial charge in [0.15, 0.2) is 0 Å². The summed E-state index contributed by atoms with van der Waals surface area (Å²) in [6.45, 7) is 1.71. The van der Waals surface area contributed by atoms with Crippen LogP contribution in [0.4, 0.5) is 0 Å². The topological polar surface area (TPSA) is 65.8 Å². The number of likely N-dealkylation sites (tertiary alicyclic amines) is 1. The van der Waals surface area contributed by atoms with Crippen LogP contribution in [-0.2, 0) is 11.3 Å². The van der Waals surface area contributed by atoms with Crippen LogP contribution in [0.25, 0.3) is 0 Å². The number of hydrogen-bond donors (Lipinski definition) is 1. The number of aromatic carboxylic acids is 1. The summed E-state index contributed by atoms with van der Waals surface area (Å²) in [5.41, 5.74) is 0.154. The molecule has 1 atom stereocenters. The van der Waals surface area contributed by atoms with Crippen LogP contribution in [-0.4, -0.2) is 64.6 Å². The second-order valence-electron chi connectivity index (χ2n) is 5.47. The van der Waals surface area contributed by atoms with Gasteiger partial charge in [0.25, 0.3) is 0 Å². The third kappa shape index (κ3) is 3.19. The van der Waals surface area contributed by atoms with Crippen molar-refractivity contribution in [3.8, 4) is 0 Å². The number of carboxylic acid groups (broad SMARTS) is 1. The molecule has 1 aliphatic rings. The van der Waals surface area contributed by atoms with Gasteiger partial charge in [-0.3, -0.25) is 4.79 Å². The van der Waals surface area contributed by atoms with Crippen molar-refractivity contribution in [2.45, 2.75) is 25.4 Å². The lowest BCUT2D eigenvalue weighted by Gasteiger charge is -2.27. The Morgan fingerprint density at radius 3 is 2.85 bits per heavy atom. The lowest BCUT2D eigenvalue weighted by molar-refractivity contribution is -0.132. The molecular formula is C14H21N3O3. The molecule has 1 aromatic rings. The molecule has 1 aliphatic heterocycles. The minimum atomic E-state index is -1.01. The average Bonchev–Trinajstić information content (AvgIpc) is 2.96. The zero-order chi connectivity index (χ0) is 14.7. The molecular weight excluding hydrogens is 258 g/mol. The van der Waals surface area contributed by atoms with Crippen LogP contribution in [0.3, 0.4) is 0 Å². The average molecular weight is 279 g/mol. The van der Waals surface area contributed by atoms with E-state index in [0.717, 1.165) is 25.9 Å². The smallest absolute Gasteiger partial charge is 0.352 e. The van der Waals surface area contributed by atoms with E-state index in [1.165, 1.54) is 10.6 Å². The van der Waals surface area contributed by atoms with Crippen LogP contribution < -0.4 is 0 Å². The number of likely N-dealkylation sites (N-methyl/N-ethyl adjacent to an activating group) is 1. The van der Waals surface area contributed by atoms with Crippen molar-refractivity contribution in [2.75, 3.05) is 27.2 Å². The van der Waals surface area contributed by atoms with Crippen molar-refractivity contribution >= 4 is 11.9 Å². The third-order valence-corrected chi connectivity index (χ3v) is 3.63. The molecule has 0 aliphatic carbocycles. The lowest BCUT2D eigenvalue weighted by atomic mass is 10.2. The number of carboxylic acids is 1. The first-order valence-electron chi connectivity index (χ1n) is 6.81. The molecule has 20 heavy (non-hydrogen) atoms. The van der Waals surface area contributed by atoms with Gasteiger partial charge in [0.1, 0.15) is 12.2 Å². The quantitative estimate of drug-likeness (QED) is 0.863. The van der Waals surface area contributed by atoms with E-state index in [1.807, 2.05) is 19.0 Å². The number of carbonyl (C=O) groups excluding carboxylic acids is 1. The van der Waals surface area contributed by atoms with E-state index in [4.69, 9.17) is 5.11 Å². The second-order valence-corrected chi connectivity index (χ2v) is 5.47. The highest BCUT2D eigenvalue weighted by Gasteiger charge is 2.29. The van der Waals surface area contributed by atoms with Gasteiger partial charge in [-0.2, -0.15) is 0 Å². The van der Waals surface area contributed by atoms with Crippen LogP contribution >= 0.6 is 0 Å². The normalized spacial score (nSPS) is 18.8. The van der Waals surface area contributed by atoms with E-state index in [1.54, 1.807) is 12.3 Å². The molecule has 1 saturated heterocycles. The van der Waals surface area contributed by atoms with Gasteiger partial charge in [0.05, 0.1) is 0 Å². The Hall–Kier alpha value is -1.82. The predicted molar refractivity (Wildman–Crippen MR) is 74.7 cm³/mol. The highest BCUT2D eigenvalue weighted by Crippen LogP contribution is 2.18. The Morgan fingerprint density at radius 2 is 2.20 bits per heavy atom. The monoisotopic (exact) mass is 279 g/mol. The Balaban J connectivity index is 2.04. The maximum atomic E-state index is 12.4. The third-order valence-electron chi connectivity index (χ3n) is 3.63. The van der Waals surface area contributed by atoms with Crippen LogP contribution in [0.15, 0.2) is 18.3 Å². The molecule has 1 aromatic heterocycles. The molecule has 6 nitrogen and oxygen atoms in total. The summed E-state index contributed by atoms with van der Waals surface area (Å²) >= 11 is 0. The number of hydrogen-bond acceptors (Lipinski definition) is 3. The molecule has 110 valence electrons. The molecule has 0 saturated carbocycles. The fraction of sp³-hybridized carbons (Fsp3) is 0.571. The second kappa shape index (κ2) is 6.09. The summed E-state index contributed by atoms with van der Waals surface area (Å²) in [5.74, 6) is -1.01. The van der Waals surface area contributed by atoms with Gasteiger partial charge in [0.2, 0.25) is 5.91 Å². The van der Waals surface area contributed by atoms with Gasteiger partial charge in [-0.25, -0.2) is 4.79 Å². The standard InChI is InChI=1S/C14H21N3O3/c1-15(2)9-11-5-3-8-17(11)13(18)10-16-7-4-6-12(16)14(19)20/h4,6-7,11H,3,5,8-10H2,1-2H3,(H,19,20). The van der Waals surface area contributed by atoms with Gasteiger partial charge < -0.3 is 19.5 Å². The molecule has 6 heteroatoms. The molecule has 1 N–H and O–H groups in total. The van der Waals surface area contributed by atoms with Crippen molar-refractivity contribution < 1.29 is 14.7 Å². The number of carbonyl (C=O) groups is 2. The number of nitrogens with zero attached hydrogens (tertiary/aromatic N) is 3. The van der Waals surface area contributed by atoms with Gasteiger partial charge in [-0.1, -0.05) is 0 Å². The molecule has 1 amide bonds. The van der Waals surface area contributed by atoms with Crippen LogP contribution in [0, 0.1) is 0 Å². The van der Waals surface area contributed by atoms with Crippen LogP contribution in [0.5, 0.6) is 0 Å². The first kappa shape index (κ1) is 14.6. The largest absolute Gasteiger partial charge is 0.477 e. The van der Waals surface area contributed by atoms with E-state index in [2.05, 4.69) is 4.90 Å². The Morgan fingerprint density at radius 1 is 1.45 bits per heavy atom. The zero-order valence-electron chi connectivity index (χ0n) is 12.0. The molecule has 0 aromatic carbocycles. The van der Waals surface area contributed by atoms with Crippen LogP contribution in [0.2, 0.25) is 0 Å². The Kier molecular flexibility index (Phi) is 4.44. The van der Waals surface area contributed by atoms with Gasteiger partial charge in [0, 0.05) is 25.3 Å². The Bertz CT molecular complexity index is 496. The summed E-state index contributed by atoms with van der Waals surface area (Å²) in [7, 11) is 3.99. The fourth-order valence-corrected chi connectivity index (χ4v) is 2.76. The molecule has 0 radical (unpaired) electrons.